The number of amides is 1. The number of aromatic amines is 1. The molecule has 4 nitrogen and oxygen atoms in total. The Kier molecular flexibility index (Phi) is 4.64. The lowest BCUT2D eigenvalue weighted by atomic mass is 9.87. The maximum atomic E-state index is 12.5. The molecule has 0 aromatic carbocycles. The van der Waals surface area contributed by atoms with E-state index in [0.29, 0.717) is 12.3 Å². The summed E-state index contributed by atoms with van der Waals surface area (Å²) >= 11 is 0. The van der Waals surface area contributed by atoms with Gasteiger partial charge in [0.05, 0.1) is 5.54 Å². The van der Waals surface area contributed by atoms with Gasteiger partial charge in [0.1, 0.15) is 0 Å². The van der Waals surface area contributed by atoms with Crippen molar-refractivity contribution in [2.24, 2.45) is 0 Å². The molecule has 0 radical (unpaired) electrons. The van der Waals surface area contributed by atoms with Crippen LogP contribution in [0.5, 0.6) is 0 Å². The van der Waals surface area contributed by atoms with E-state index in [1.807, 2.05) is 25.5 Å². The van der Waals surface area contributed by atoms with Crippen LogP contribution in [0.25, 0.3) is 0 Å². The van der Waals surface area contributed by atoms with Crippen LogP contribution in [0.4, 0.5) is 0 Å². The summed E-state index contributed by atoms with van der Waals surface area (Å²) < 4.78 is 0. The van der Waals surface area contributed by atoms with Gasteiger partial charge in [0.15, 0.2) is 0 Å². The molecule has 2 rings (SSSR count). The van der Waals surface area contributed by atoms with Crippen molar-refractivity contribution in [3.63, 3.8) is 0 Å². The normalized spacial score (nSPS) is 23.6. The number of likely N-dealkylation sites (N-methyl/N-ethyl adjacent to an activating group) is 1. The zero-order valence-electron chi connectivity index (χ0n) is 12.0. The Morgan fingerprint density at radius 2 is 2.37 bits per heavy atom. The number of aryl methyl sites for hydroxylation is 1. The van der Waals surface area contributed by atoms with Crippen molar-refractivity contribution in [1.82, 2.24) is 15.2 Å². The number of nitrogens with zero attached hydrogens (tertiary/aromatic N) is 1. The molecular formula is C15H25N3O. The number of nitrogens with one attached hydrogen (secondary N) is 2. The SMILES string of the molecule is CNCC1(C)CCCCN1C(=O)CCc1cc[nH]c1. The predicted molar refractivity (Wildman–Crippen MR) is 77.0 cm³/mol. The maximum absolute atomic E-state index is 12.5. The van der Waals surface area contributed by atoms with E-state index in [-0.39, 0.29) is 5.54 Å². The fourth-order valence-electron chi connectivity index (χ4n) is 3.07. The Morgan fingerprint density at radius 1 is 1.53 bits per heavy atom. The van der Waals surface area contributed by atoms with Gasteiger partial charge in [-0.1, -0.05) is 0 Å². The average molecular weight is 263 g/mol. The van der Waals surface area contributed by atoms with Gasteiger partial charge in [-0.3, -0.25) is 4.79 Å². The highest BCUT2D eigenvalue weighted by atomic mass is 16.2. The van der Waals surface area contributed by atoms with Gasteiger partial charge in [0.2, 0.25) is 5.91 Å². The lowest BCUT2D eigenvalue weighted by Gasteiger charge is -2.45. The van der Waals surface area contributed by atoms with Crippen molar-refractivity contribution in [2.75, 3.05) is 20.1 Å². The van der Waals surface area contributed by atoms with E-state index in [1.165, 1.54) is 12.0 Å². The van der Waals surface area contributed by atoms with Crippen molar-refractivity contribution in [3.8, 4) is 0 Å². The molecule has 2 heterocycles. The van der Waals surface area contributed by atoms with Crippen molar-refractivity contribution in [2.45, 2.75) is 44.6 Å². The number of carbonyl (C=O) groups is 1. The van der Waals surface area contributed by atoms with Crippen LogP contribution in [0, 0.1) is 0 Å². The Labute approximate surface area is 115 Å². The Balaban J connectivity index is 1.95. The summed E-state index contributed by atoms with van der Waals surface area (Å²) in [5.74, 6) is 0.290. The molecule has 1 aromatic heterocycles. The summed E-state index contributed by atoms with van der Waals surface area (Å²) in [6, 6.07) is 2.04. The fraction of sp³-hybridized carbons (Fsp3) is 0.667. The van der Waals surface area contributed by atoms with E-state index >= 15 is 0 Å². The van der Waals surface area contributed by atoms with Crippen LogP contribution in [0.15, 0.2) is 18.5 Å². The van der Waals surface area contributed by atoms with E-state index < -0.39 is 0 Å². The molecular weight excluding hydrogens is 238 g/mol. The number of rotatable bonds is 5. The molecule has 0 aliphatic carbocycles. The molecule has 1 unspecified atom stereocenters. The van der Waals surface area contributed by atoms with Gasteiger partial charge in [-0.2, -0.15) is 0 Å². The van der Waals surface area contributed by atoms with E-state index in [9.17, 15) is 4.79 Å². The average Bonchev–Trinajstić information content (AvgIpc) is 2.89. The summed E-state index contributed by atoms with van der Waals surface area (Å²) in [5.41, 5.74) is 1.20. The zero-order valence-corrected chi connectivity index (χ0v) is 12.0. The van der Waals surface area contributed by atoms with Crippen LogP contribution >= 0.6 is 0 Å². The first kappa shape index (κ1) is 14.1. The van der Waals surface area contributed by atoms with Gasteiger partial charge in [-0.05, 0) is 51.3 Å². The van der Waals surface area contributed by atoms with Crippen molar-refractivity contribution < 1.29 is 4.79 Å². The second-order valence-electron chi connectivity index (χ2n) is 5.75. The van der Waals surface area contributed by atoms with Crippen molar-refractivity contribution in [1.29, 1.82) is 0 Å². The molecule has 0 saturated carbocycles. The second-order valence-corrected chi connectivity index (χ2v) is 5.75. The van der Waals surface area contributed by atoms with Gasteiger partial charge in [-0.25, -0.2) is 0 Å². The third-order valence-corrected chi connectivity index (χ3v) is 4.15. The molecule has 1 fully saturated rings. The fourth-order valence-corrected chi connectivity index (χ4v) is 3.07. The maximum Gasteiger partial charge on any atom is 0.223 e. The van der Waals surface area contributed by atoms with E-state index in [1.54, 1.807) is 0 Å². The van der Waals surface area contributed by atoms with Crippen molar-refractivity contribution in [3.05, 3.63) is 24.0 Å². The Morgan fingerprint density at radius 3 is 3.05 bits per heavy atom. The molecule has 0 bridgehead atoms. The molecule has 4 heteroatoms. The molecule has 1 aliphatic heterocycles. The number of piperidine rings is 1. The summed E-state index contributed by atoms with van der Waals surface area (Å²) in [5, 5.41) is 3.23. The van der Waals surface area contributed by atoms with Crippen LogP contribution < -0.4 is 5.32 Å². The monoisotopic (exact) mass is 263 g/mol. The highest BCUT2D eigenvalue weighted by Gasteiger charge is 2.36. The summed E-state index contributed by atoms with van der Waals surface area (Å²) in [6.07, 6.45) is 8.77. The quantitative estimate of drug-likeness (QED) is 0.853. The van der Waals surface area contributed by atoms with E-state index in [2.05, 4.69) is 22.1 Å². The largest absolute Gasteiger partial charge is 0.367 e. The second kappa shape index (κ2) is 6.24. The highest BCUT2D eigenvalue weighted by Crippen LogP contribution is 2.28. The first-order valence-electron chi connectivity index (χ1n) is 7.22. The third kappa shape index (κ3) is 3.38. The molecule has 1 amide bonds. The standard InChI is InChI=1S/C15H25N3O/c1-15(12-16-2)8-3-4-10-18(15)14(19)6-5-13-7-9-17-11-13/h7,9,11,16-17H,3-6,8,10,12H2,1-2H3. The number of H-pyrrole nitrogens is 1. The zero-order chi connectivity index (χ0) is 13.7. The molecule has 106 valence electrons. The molecule has 1 saturated heterocycles. The number of aromatic nitrogens is 1. The number of likely N-dealkylation sites (tertiary alicyclic amines) is 1. The predicted octanol–water partition coefficient (Wildman–Crippen LogP) is 1.94. The molecule has 0 spiro atoms. The minimum absolute atomic E-state index is 0.0117. The van der Waals surface area contributed by atoms with E-state index in [4.69, 9.17) is 0 Å². The topological polar surface area (TPSA) is 48.1 Å². The summed E-state index contributed by atoms with van der Waals surface area (Å²) in [4.78, 5) is 17.6. The van der Waals surface area contributed by atoms with Crippen LogP contribution in [-0.2, 0) is 11.2 Å². The van der Waals surface area contributed by atoms with E-state index in [0.717, 1.165) is 32.4 Å². The van der Waals surface area contributed by atoms with Gasteiger partial charge >= 0.3 is 0 Å². The van der Waals surface area contributed by atoms with Gasteiger partial charge < -0.3 is 15.2 Å². The minimum Gasteiger partial charge on any atom is -0.367 e. The smallest absolute Gasteiger partial charge is 0.223 e. The van der Waals surface area contributed by atoms with Crippen LogP contribution in [0.3, 0.4) is 0 Å². The minimum atomic E-state index is -0.0117. The third-order valence-electron chi connectivity index (χ3n) is 4.15. The molecule has 1 aromatic rings. The number of carbonyl (C=O) groups excluding carboxylic acids is 1. The van der Waals surface area contributed by atoms with Gasteiger partial charge in [-0.15, -0.1) is 0 Å². The first-order chi connectivity index (χ1) is 9.15. The number of hydrogen-bond acceptors (Lipinski definition) is 2. The molecule has 2 N–H and O–H groups in total. The van der Waals surface area contributed by atoms with Crippen LogP contribution in [-0.4, -0.2) is 41.5 Å². The lowest BCUT2D eigenvalue weighted by molar-refractivity contribution is -0.139. The van der Waals surface area contributed by atoms with Crippen LogP contribution in [0.2, 0.25) is 0 Å². The van der Waals surface area contributed by atoms with Gasteiger partial charge in [0, 0.05) is 31.9 Å². The lowest BCUT2D eigenvalue weighted by Crippen LogP contribution is -2.57. The van der Waals surface area contributed by atoms with Crippen LogP contribution in [0.1, 0.15) is 38.2 Å². The van der Waals surface area contributed by atoms with Gasteiger partial charge in [0.25, 0.3) is 0 Å². The highest BCUT2D eigenvalue weighted by molar-refractivity contribution is 5.77. The molecule has 19 heavy (non-hydrogen) atoms. The summed E-state index contributed by atoms with van der Waals surface area (Å²) in [7, 11) is 1.96. The molecule has 1 atom stereocenters. The Hall–Kier alpha value is -1.29. The molecule has 1 aliphatic rings. The summed E-state index contributed by atoms with van der Waals surface area (Å²) in [6.45, 7) is 3.99. The first-order valence-corrected chi connectivity index (χ1v) is 7.22. The van der Waals surface area contributed by atoms with Crippen molar-refractivity contribution >= 4 is 5.91 Å². The Bertz CT molecular complexity index is 398. The number of hydrogen-bond donors (Lipinski definition) is 2.